The lowest BCUT2D eigenvalue weighted by Gasteiger charge is -2.11. The van der Waals surface area contributed by atoms with Crippen molar-refractivity contribution in [1.82, 2.24) is 10.3 Å². The van der Waals surface area contributed by atoms with Crippen LogP contribution in [0.2, 0.25) is 0 Å². The van der Waals surface area contributed by atoms with Crippen LogP contribution in [0.1, 0.15) is 25.0 Å². The Hall–Kier alpha value is -2.60. The van der Waals surface area contributed by atoms with Crippen molar-refractivity contribution in [3.05, 3.63) is 53.6 Å². The summed E-state index contributed by atoms with van der Waals surface area (Å²) in [6, 6.07) is 13.0. The first-order valence-electron chi connectivity index (χ1n) is 8.18. The number of fused-ring (bicyclic) bond motifs is 1. The highest BCUT2D eigenvalue weighted by atomic mass is 32.1. The monoisotopic (exact) mass is 370 g/mol. The van der Waals surface area contributed by atoms with E-state index in [0.29, 0.717) is 5.89 Å². The summed E-state index contributed by atoms with van der Waals surface area (Å²) in [5.41, 5.74) is 4.46. The molecule has 0 saturated heterocycles. The average molecular weight is 370 g/mol. The SMILES string of the molecule is CC(=O)N[C@@H](C)C(=O)Cc1ccc(-c2nc3ccc(C)cc3o2)cc1.S. The standard InChI is InChI=1S/C20H20N2O3.H2S/c1-12-4-9-17-19(10-12)25-20(22-17)16-7-5-15(6-8-16)11-18(24)13(2)21-14(3)23;/h4-10,13H,11H2,1-3H3,(H,21,23);1H2/t13-;/m0./s1. The van der Waals surface area contributed by atoms with Gasteiger partial charge >= 0.3 is 0 Å². The lowest BCUT2D eigenvalue weighted by molar-refractivity contribution is -0.126. The molecule has 0 bridgehead atoms. The molecular weight excluding hydrogens is 348 g/mol. The summed E-state index contributed by atoms with van der Waals surface area (Å²) in [5, 5.41) is 2.61. The number of benzene rings is 2. The molecule has 0 fully saturated rings. The Balaban J connectivity index is 0.00000243. The molecule has 0 unspecified atom stereocenters. The zero-order valence-electron chi connectivity index (χ0n) is 15.0. The second kappa shape index (κ2) is 8.19. The van der Waals surface area contributed by atoms with Crippen molar-refractivity contribution in [1.29, 1.82) is 0 Å². The van der Waals surface area contributed by atoms with E-state index < -0.39 is 6.04 Å². The second-order valence-electron chi connectivity index (χ2n) is 6.25. The largest absolute Gasteiger partial charge is 0.436 e. The van der Waals surface area contributed by atoms with Crippen molar-refractivity contribution in [2.24, 2.45) is 0 Å². The van der Waals surface area contributed by atoms with Crippen LogP contribution in [0.25, 0.3) is 22.6 Å². The number of rotatable bonds is 5. The number of amides is 1. The normalized spacial score (nSPS) is 11.7. The first kappa shape index (κ1) is 19.7. The van der Waals surface area contributed by atoms with E-state index >= 15 is 0 Å². The predicted molar refractivity (Wildman–Crippen MR) is 107 cm³/mol. The molecule has 1 aromatic heterocycles. The summed E-state index contributed by atoms with van der Waals surface area (Å²) in [6.07, 6.45) is 0.272. The van der Waals surface area contributed by atoms with Gasteiger partial charge in [-0.3, -0.25) is 9.59 Å². The minimum absolute atomic E-state index is 0. The van der Waals surface area contributed by atoms with E-state index in [-0.39, 0.29) is 31.6 Å². The Kier molecular flexibility index (Phi) is 6.21. The van der Waals surface area contributed by atoms with Gasteiger partial charge in [0.15, 0.2) is 11.4 Å². The summed E-state index contributed by atoms with van der Waals surface area (Å²) in [6.45, 7) is 5.11. The van der Waals surface area contributed by atoms with Gasteiger partial charge in [-0.05, 0) is 49.2 Å². The molecule has 6 heteroatoms. The number of nitrogens with one attached hydrogen (secondary N) is 1. The summed E-state index contributed by atoms with van der Waals surface area (Å²) in [4.78, 5) is 27.6. The third kappa shape index (κ3) is 4.52. The molecule has 0 aliphatic rings. The number of carbonyl (C=O) groups excluding carboxylic acids is 2. The molecule has 26 heavy (non-hydrogen) atoms. The maximum absolute atomic E-state index is 12.1. The van der Waals surface area contributed by atoms with Gasteiger partial charge in [-0.2, -0.15) is 13.5 Å². The lowest BCUT2D eigenvalue weighted by atomic mass is 10.0. The molecule has 5 nitrogen and oxygen atoms in total. The van der Waals surface area contributed by atoms with Gasteiger partial charge in [-0.15, -0.1) is 0 Å². The molecule has 3 aromatic rings. The number of hydrogen-bond donors (Lipinski definition) is 1. The Labute approximate surface area is 159 Å². The molecule has 0 aliphatic carbocycles. The van der Waals surface area contributed by atoms with E-state index in [2.05, 4.69) is 10.3 Å². The van der Waals surface area contributed by atoms with Crippen molar-refractivity contribution < 1.29 is 14.0 Å². The number of carbonyl (C=O) groups is 2. The van der Waals surface area contributed by atoms with Crippen LogP contribution in [0, 0.1) is 6.92 Å². The smallest absolute Gasteiger partial charge is 0.227 e. The molecule has 0 radical (unpaired) electrons. The van der Waals surface area contributed by atoms with Crippen LogP contribution in [0.4, 0.5) is 0 Å². The minimum Gasteiger partial charge on any atom is -0.436 e. The fraction of sp³-hybridized carbons (Fsp3) is 0.250. The highest BCUT2D eigenvalue weighted by Gasteiger charge is 2.14. The Morgan fingerprint density at radius 1 is 1.15 bits per heavy atom. The van der Waals surface area contributed by atoms with Crippen LogP contribution in [-0.2, 0) is 16.0 Å². The summed E-state index contributed by atoms with van der Waals surface area (Å²) in [7, 11) is 0. The first-order chi connectivity index (χ1) is 11.9. The van der Waals surface area contributed by atoms with Gasteiger partial charge in [0.05, 0.1) is 6.04 Å². The molecule has 136 valence electrons. The molecule has 1 N–H and O–H groups in total. The maximum atomic E-state index is 12.1. The topological polar surface area (TPSA) is 72.2 Å². The number of aryl methyl sites for hydroxylation is 1. The summed E-state index contributed by atoms with van der Waals surface area (Å²) in [5.74, 6) is 0.327. The average Bonchev–Trinajstić information content (AvgIpc) is 2.97. The maximum Gasteiger partial charge on any atom is 0.227 e. The van der Waals surface area contributed by atoms with E-state index in [1.54, 1.807) is 6.92 Å². The predicted octanol–water partition coefficient (Wildman–Crippen LogP) is 3.55. The Bertz CT molecular complexity index is 932. The number of hydrogen-bond acceptors (Lipinski definition) is 4. The van der Waals surface area contributed by atoms with Crippen LogP contribution in [0.3, 0.4) is 0 Å². The zero-order chi connectivity index (χ0) is 18.0. The fourth-order valence-electron chi connectivity index (χ4n) is 2.66. The highest BCUT2D eigenvalue weighted by Crippen LogP contribution is 2.25. The molecule has 3 rings (SSSR count). The second-order valence-corrected chi connectivity index (χ2v) is 6.25. The third-order valence-corrected chi connectivity index (χ3v) is 4.03. The quantitative estimate of drug-likeness (QED) is 0.745. The van der Waals surface area contributed by atoms with Crippen molar-refractivity contribution in [2.75, 3.05) is 0 Å². The highest BCUT2D eigenvalue weighted by molar-refractivity contribution is 7.59. The number of ketones is 1. The van der Waals surface area contributed by atoms with Crippen LogP contribution >= 0.6 is 13.5 Å². The molecule has 1 amide bonds. The molecular formula is C20H22N2O3S. The number of Topliss-reactive ketones (excluding diaryl/α,β-unsaturated/α-hetero) is 1. The van der Waals surface area contributed by atoms with Gasteiger partial charge in [0.25, 0.3) is 0 Å². The van der Waals surface area contributed by atoms with E-state index in [4.69, 9.17) is 4.42 Å². The van der Waals surface area contributed by atoms with Gasteiger partial charge in [0, 0.05) is 18.9 Å². The number of aromatic nitrogens is 1. The molecule has 2 aromatic carbocycles. The first-order valence-corrected chi connectivity index (χ1v) is 8.18. The van der Waals surface area contributed by atoms with Crippen LogP contribution in [-0.4, -0.2) is 22.7 Å². The summed E-state index contributed by atoms with van der Waals surface area (Å²) >= 11 is 0. The van der Waals surface area contributed by atoms with Crippen LogP contribution < -0.4 is 5.32 Å². The van der Waals surface area contributed by atoms with Crippen molar-refractivity contribution in [2.45, 2.75) is 33.2 Å². The molecule has 1 atom stereocenters. The van der Waals surface area contributed by atoms with E-state index in [1.165, 1.54) is 6.92 Å². The van der Waals surface area contributed by atoms with Gasteiger partial charge < -0.3 is 9.73 Å². The van der Waals surface area contributed by atoms with Crippen molar-refractivity contribution in [3.63, 3.8) is 0 Å². The van der Waals surface area contributed by atoms with Crippen LogP contribution in [0.15, 0.2) is 46.9 Å². The zero-order valence-corrected chi connectivity index (χ0v) is 16.0. The molecule has 0 saturated carbocycles. The van der Waals surface area contributed by atoms with Crippen molar-refractivity contribution >= 4 is 36.3 Å². The van der Waals surface area contributed by atoms with Gasteiger partial charge in [-0.25, -0.2) is 4.98 Å². The summed E-state index contributed by atoms with van der Waals surface area (Å²) < 4.78 is 5.81. The Morgan fingerprint density at radius 2 is 1.85 bits per heavy atom. The fourth-order valence-corrected chi connectivity index (χ4v) is 2.66. The number of nitrogens with zero attached hydrogens (tertiary/aromatic N) is 1. The minimum atomic E-state index is -0.488. The molecule has 1 heterocycles. The van der Waals surface area contributed by atoms with Gasteiger partial charge in [0.1, 0.15) is 5.52 Å². The van der Waals surface area contributed by atoms with Crippen molar-refractivity contribution in [3.8, 4) is 11.5 Å². The van der Waals surface area contributed by atoms with Crippen LogP contribution in [0.5, 0.6) is 0 Å². The molecule has 0 aliphatic heterocycles. The van der Waals surface area contributed by atoms with E-state index in [1.807, 2.05) is 49.4 Å². The lowest BCUT2D eigenvalue weighted by Crippen LogP contribution is -2.37. The van der Waals surface area contributed by atoms with Gasteiger partial charge in [-0.1, -0.05) is 18.2 Å². The van der Waals surface area contributed by atoms with E-state index in [9.17, 15) is 9.59 Å². The van der Waals surface area contributed by atoms with Gasteiger partial charge in [0.2, 0.25) is 11.8 Å². The number of oxazole rings is 1. The third-order valence-electron chi connectivity index (χ3n) is 4.03. The van der Waals surface area contributed by atoms with E-state index in [0.717, 1.165) is 27.8 Å². The Morgan fingerprint density at radius 3 is 2.50 bits per heavy atom. The molecule has 0 spiro atoms.